The maximum atomic E-state index is 13.7. The average molecular weight is 714 g/mol. The fraction of sp³-hybridized carbons (Fsp3) is 0.359. The molecule has 262 valence electrons. The van der Waals surface area contributed by atoms with Crippen LogP contribution in [0.2, 0.25) is 5.02 Å². The Labute approximate surface area is 302 Å². The molecule has 0 unspecified atom stereocenters. The van der Waals surface area contributed by atoms with Gasteiger partial charge in [-0.15, -0.1) is 5.10 Å². The van der Waals surface area contributed by atoms with Crippen LogP contribution in [0.25, 0.3) is 16.5 Å². The summed E-state index contributed by atoms with van der Waals surface area (Å²) in [4.78, 5) is 27.2. The molecule has 0 radical (unpaired) electrons. The summed E-state index contributed by atoms with van der Waals surface area (Å²) >= 11 is 7.71. The number of anilines is 1. The summed E-state index contributed by atoms with van der Waals surface area (Å²) in [5, 5.41) is 28.1. The second-order valence-corrected chi connectivity index (χ2v) is 13.7. The molecule has 0 atom stereocenters. The molecule has 0 bridgehead atoms. The van der Waals surface area contributed by atoms with Gasteiger partial charge >= 0.3 is 5.97 Å². The van der Waals surface area contributed by atoms with Crippen molar-refractivity contribution in [2.24, 2.45) is 0 Å². The van der Waals surface area contributed by atoms with Gasteiger partial charge in [0.25, 0.3) is 5.91 Å². The predicted molar refractivity (Wildman–Crippen MR) is 200 cm³/mol. The number of nitrogens with one attached hydrogen (secondary N) is 1. The topological polar surface area (TPSA) is 119 Å². The number of hydrogen-bond acceptors (Lipinski definition) is 8. The zero-order valence-electron chi connectivity index (χ0n) is 28.4. The number of carbonyl (C=O) groups is 2. The highest BCUT2D eigenvalue weighted by Crippen LogP contribution is 2.39. The zero-order chi connectivity index (χ0) is 35.1. The highest BCUT2D eigenvalue weighted by Gasteiger charge is 2.21. The molecule has 0 spiro atoms. The van der Waals surface area contributed by atoms with Gasteiger partial charge in [0.05, 0.1) is 34.1 Å². The first kappa shape index (κ1) is 36.9. The quantitative estimate of drug-likeness (QED) is 0.0641. The van der Waals surface area contributed by atoms with Gasteiger partial charge in [-0.2, -0.15) is 4.68 Å². The number of para-hydroxylation sites is 1. The second-order valence-electron chi connectivity index (χ2n) is 12.3. The highest BCUT2D eigenvalue weighted by molar-refractivity contribution is 7.99. The Bertz CT molecular complexity index is 1870. The number of hydrogen-bond donors (Lipinski definition) is 2. The van der Waals surface area contributed by atoms with Gasteiger partial charge in [-0.05, 0) is 70.4 Å². The number of aromatic nitrogens is 4. The van der Waals surface area contributed by atoms with Crippen molar-refractivity contribution in [1.82, 2.24) is 20.2 Å². The van der Waals surface area contributed by atoms with E-state index in [1.54, 1.807) is 35.0 Å². The van der Waals surface area contributed by atoms with Crippen molar-refractivity contribution < 1.29 is 19.4 Å². The van der Waals surface area contributed by atoms with Crippen molar-refractivity contribution in [2.45, 2.75) is 94.0 Å². The van der Waals surface area contributed by atoms with Crippen molar-refractivity contribution >= 4 is 51.7 Å². The smallest absolute Gasteiger partial charge is 0.338 e. The monoisotopic (exact) mass is 713 g/mol. The van der Waals surface area contributed by atoms with E-state index in [1.165, 1.54) is 75.6 Å². The van der Waals surface area contributed by atoms with Gasteiger partial charge in [0, 0.05) is 10.3 Å². The summed E-state index contributed by atoms with van der Waals surface area (Å²) in [6.07, 6.45) is 14.8. The first-order chi connectivity index (χ1) is 24.5. The molecule has 1 heterocycles. The molecule has 5 aromatic rings. The molecule has 1 amide bonds. The van der Waals surface area contributed by atoms with E-state index in [9.17, 15) is 14.7 Å². The molecule has 11 heteroatoms. The molecule has 4 aromatic carbocycles. The molecule has 0 aliphatic heterocycles. The first-order valence-corrected chi connectivity index (χ1v) is 18.7. The predicted octanol–water partition coefficient (Wildman–Crippen LogP) is 10.4. The standard InChI is InChI=1S/C39H44ClN5O4S/c1-2-3-4-5-6-7-8-9-10-11-12-18-25-49-38(48)28-23-24-33(40)34(26-28)41-37(47)32-27-35(30-21-16-17-22-31(30)36(32)46)50-39-42-43-44-45(39)29-19-14-13-15-20-29/h13-17,19-24,26-27,46H,2-12,18,25H2,1H3,(H,41,47). The number of unbranched alkanes of at least 4 members (excludes halogenated alkanes) is 11. The molecule has 0 aliphatic carbocycles. The van der Waals surface area contributed by atoms with E-state index in [0.29, 0.717) is 22.0 Å². The number of fused-ring (bicyclic) bond motifs is 1. The Balaban J connectivity index is 1.18. The number of esters is 1. The van der Waals surface area contributed by atoms with Crippen LogP contribution in [0.4, 0.5) is 5.69 Å². The number of amides is 1. The summed E-state index contributed by atoms with van der Waals surface area (Å²) in [5.74, 6) is -1.26. The van der Waals surface area contributed by atoms with Crippen molar-refractivity contribution in [1.29, 1.82) is 0 Å². The number of benzene rings is 4. The molecule has 0 saturated carbocycles. The lowest BCUT2D eigenvalue weighted by Gasteiger charge is -2.14. The van der Waals surface area contributed by atoms with Gasteiger partial charge < -0.3 is 15.2 Å². The zero-order valence-corrected chi connectivity index (χ0v) is 30.0. The number of halogens is 1. The van der Waals surface area contributed by atoms with Crippen LogP contribution < -0.4 is 5.32 Å². The van der Waals surface area contributed by atoms with Crippen molar-refractivity contribution in [3.05, 3.63) is 95.0 Å². The number of aromatic hydroxyl groups is 1. The van der Waals surface area contributed by atoms with Crippen molar-refractivity contribution in [2.75, 3.05) is 11.9 Å². The Kier molecular flexibility index (Phi) is 14.1. The van der Waals surface area contributed by atoms with Crippen LogP contribution in [0.3, 0.4) is 0 Å². The third-order valence-corrected chi connectivity index (χ3v) is 9.87. The van der Waals surface area contributed by atoms with E-state index in [1.807, 2.05) is 42.5 Å². The summed E-state index contributed by atoms with van der Waals surface area (Å²) in [6, 6.07) is 22.9. The summed E-state index contributed by atoms with van der Waals surface area (Å²) in [7, 11) is 0. The molecular formula is C39H44ClN5O4S. The van der Waals surface area contributed by atoms with Crippen LogP contribution in [-0.2, 0) is 4.74 Å². The van der Waals surface area contributed by atoms with Gasteiger partial charge in [-0.1, -0.05) is 132 Å². The first-order valence-electron chi connectivity index (χ1n) is 17.5. The third-order valence-electron chi connectivity index (χ3n) is 8.55. The van der Waals surface area contributed by atoms with Crippen LogP contribution in [0.1, 0.15) is 105 Å². The van der Waals surface area contributed by atoms with Gasteiger partial charge in [-0.25, -0.2) is 4.79 Å². The maximum Gasteiger partial charge on any atom is 0.338 e. The molecular weight excluding hydrogens is 670 g/mol. The lowest BCUT2D eigenvalue weighted by Crippen LogP contribution is -2.14. The minimum atomic E-state index is -0.596. The van der Waals surface area contributed by atoms with E-state index in [4.69, 9.17) is 16.3 Å². The van der Waals surface area contributed by atoms with Crippen LogP contribution in [0, 0.1) is 0 Å². The lowest BCUT2D eigenvalue weighted by molar-refractivity contribution is 0.0497. The van der Waals surface area contributed by atoms with E-state index < -0.39 is 11.9 Å². The Morgan fingerprint density at radius 2 is 1.46 bits per heavy atom. The molecule has 50 heavy (non-hydrogen) atoms. The Morgan fingerprint density at radius 3 is 2.16 bits per heavy atom. The number of ether oxygens (including phenoxy) is 1. The number of tetrazole rings is 1. The molecule has 0 aliphatic rings. The van der Waals surface area contributed by atoms with Gasteiger partial charge in [0.1, 0.15) is 5.75 Å². The number of phenolic OH excluding ortho intramolecular Hbond substituents is 1. The van der Waals surface area contributed by atoms with Crippen molar-refractivity contribution in [3.63, 3.8) is 0 Å². The number of carbonyl (C=O) groups excluding carboxylic acids is 2. The molecule has 9 nitrogen and oxygen atoms in total. The van der Waals surface area contributed by atoms with Gasteiger partial charge in [-0.3, -0.25) is 4.79 Å². The summed E-state index contributed by atoms with van der Waals surface area (Å²) in [6.45, 7) is 2.58. The van der Waals surface area contributed by atoms with Gasteiger partial charge in [0.2, 0.25) is 5.16 Å². The van der Waals surface area contributed by atoms with Gasteiger partial charge in [0.15, 0.2) is 0 Å². The minimum Gasteiger partial charge on any atom is -0.506 e. The third kappa shape index (κ3) is 10.1. The Hall–Kier alpha value is -4.41. The summed E-state index contributed by atoms with van der Waals surface area (Å²) in [5.41, 5.74) is 1.31. The second kappa shape index (κ2) is 19.1. The van der Waals surface area contributed by atoms with Crippen LogP contribution in [0.15, 0.2) is 88.9 Å². The molecule has 0 fully saturated rings. The van der Waals surface area contributed by atoms with E-state index in [0.717, 1.165) is 30.3 Å². The largest absolute Gasteiger partial charge is 0.506 e. The fourth-order valence-electron chi connectivity index (χ4n) is 5.79. The number of nitrogens with zero attached hydrogens (tertiary/aromatic N) is 4. The minimum absolute atomic E-state index is 0.0287. The number of phenols is 1. The highest BCUT2D eigenvalue weighted by atomic mass is 35.5. The molecule has 5 rings (SSSR count). The van der Waals surface area contributed by atoms with E-state index >= 15 is 0 Å². The maximum absolute atomic E-state index is 13.7. The van der Waals surface area contributed by atoms with E-state index in [-0.39, 0.29) is 27.6 Å². The van der Waals surface area contributed by atoms with Crippen LogP contribution in [-0.4, -0.2) is 43.8 Å². The van der Waals surface area contributed by atoms with Crippen molar-refractivity contribution in [3.8, 4) is 11.4 Å². The Morgan fingerprint density at radius 1 is 0.820 bits per heavy atom. The normalized spacial score (nSPS) is 11.2. The lowest BCUT2D eigenvalue weighted by atomic mass is 10.0. The number of rotatable bonds is 19. The molecule has 2 N–H and O–H groups in total. The summed E-state index contributed by atoms with van der Waals surface area (Å²) < 4.78 is 7.13. The SMILES string of the molecule is CCCCCCCCCCCCCCOC(=O)c1ccc(Cl)c(NC(=O)c2cc(Sc3nnnn3-c3ccccc3)c3ccccc3c2O)c1. The van der Waals surface area contributed by atoms with Crippen LogP contribution in [0.5, 0.6) is 5.75 Å². The molecule has 0 saturated heterocycles. The van der Waals surface area contributed by atoms with E-state index in [2.05, 4.69) is 27.8 Å². The van der Waals surface area contributed by atoms with Crippen LogP contribution >= 0.6 is 23.4 Å². The molecule has 1 aromatic heterocycles. The average Bonchev–Trinajstić information content (AvgIpc) is 3.60. The fourth-order valence-corrected chi connectivity index (χ4v) is 6.92.